The Kier molecular flexibility index (Phi) is 5.66. The Labute approximate surface area is 101 Å². The summed E-state index contributed by atoms with van der Waals surface area (Å²) in [6.45, 7) is 1.85. The van der Waals surface area contributed by atoms with Crippen LogP contribution < -0.4 is 0 Å². The average Bonchev–Trinajstić information content (AvgIpc) is 2.36. The van der Waals surface area contributed by atoms with Crippen LogP contribution in [0, 0.1) is 0 Å². The van der Waals surface area contributed by atoms with Crippen molar-refractivity contribution in [1.29, 1.82) is 0 Å². The summed E-state index contributed by atoms with van der Waals surface area (Å²) in [5.74, 6) is -0.770. The Morgan fingerprint density at radius 1 is 1.29 bits per heavy atom. The zero-order chi connectivity index (χ0) is 12.7. The standard InChI is InChI=1S/C13H18O4/c1-2-17-13(16)12(15)11(14)9-8-10-6-4-3-5-7-10/h3-7,11-12,14-15H,2,8-9H2,1H3/t11-,12+/m0/s1. The molecular formula is C13H18O4. The highest BCUT2D eigenvalue weighted by atomic mass is 16.5. The average molecular weight is 238 g/mol. The molecule has 0 radical (unpaired) electrons. The van der Waals surface area contributed by atoms with Crippen molar-refractivity contribution in [2.45, 2.75) is 32.0 Å². The molecule has 2 atom stereocenters. The van der Waals surface area contributed by atoms with Gasteiger partial charge in [0.05, 0.1) is 12.7 Å². The Bertz CT molecular complexity index is 337. The molecule has 1 aromatic rings. The molecule has 0 saturated carbocycles. The van der Waals surface area contributed by atoms with E-state index in [0.717, 1.165) is 5.56 Å². The van der Waals surface area contributed by atoms with E-state index in [1.807, 2.05) is 30.3 Å². The molecule has 0 heterocycles. The van der Waals surface area contributed by atoms with Crippen LogP contribution in [-0.2, 0) is 16.0 Å². The van der Waals surface area contributed by atoms with Gasteiger partial charge in [0.15, 0.2) is 6.10 Å². The molecule has 0 aromatic heterocycles. The van der Waals surface area contributed by atoms with Crippen LogP contribution in [0.5, 0.6) is 0 Å². The van der Waals surface area contributed by atoms with E-state index in [-0.39, 0.29) is 6.61 Å². The number of carbonyl (C=O) groups excluding carboxylic acids is 1. The van der Waals surface area contributed by atoms with E-state index in [9.17, 15) is 15.0 Å². The van der Waals surface area contributed by atoms with Gasteiger partial charge in [0.25, 0.3) is 0 Å². The first-order chi connectivity index (χ1) is 8.15. The van der Waals surface area contributed by atoms with E-state index >= 15 is 0 Å². The van der Waals surface area contributed by atoms with Gasteiger partial charge in [0.2, 0.25) is 0 Å². The fraction of sp³-hybridized carbons (Fsp3) is 0.462. The molecule has 0 fully saturated rings. The van der Waals surface area contributed by atoms with Crippen LogP contribution in [0.1, 0.15) is 18.9 Å². The minimum absolute atomic E-state index is 0.196. The molecule has 4 nitrogen and oxygen atoms in total. The molecule has 0 aliphatic heterocycles. The van der Waals surface area contributed by atoms with Crippen LogP contribution in [0.2, 0.25) is 0 Å². The van der Waals surface area contributed by atoms with E-state index < -0.39 is 18.2 Å². The maximum atomic E-state index is 11.2. The lowest BCUT2D eigenvalue weighted by molar-refractivity contribution is -0.159. The van der Waals surface area contributed by atoms with Crippen molar-refractivity contribution < 1.29 is 19.7 Å². The summed E-state index contributed by atoms with van der Waals surface area (Å²) in [6, 6.07) is 9.59. The van der Waals surface area contributed by atoms with Gasteiger partial charge in [-0.1, -0.05) is 30.3 Å². The maximum Gasteiger partial charge on any atom is 0.337 e. The van der Waals surface area contributed by atoms with Crippen molar-refractivity contribution in [3.8, 4) is 0 Å². The molecule has 2 N–H and O–H groups in total. The third-order valence-electron chi connectivity index (χ3n) is 2.46. The quantitative estimate of drug-likeness (QED) is 0.723. The first kappa shape index (κ1) is 13.7. The van der Waals surface area contributed by atoms with Crippen LogP contribution in [0.4, 0.5) is 0 Å². The summed E-state index contributed by atoms with van der Waals surface area (Å²) in [7, 11) is 0. The molecule has 94 valence electrons. The zero-order valence-electron chi connectivity index (χ0n) is 9.87. The van der Waals surface area contributed by atoms with Gasteiger partial charge in [-0.15, -0.1) is 0 Å². The first-order valence-corrected chi connectivity index (χ1v) is 5.71. The van der Waals surface area contributed by atoms with Crippen molar-refractivity contribution in [2.75, 3.05) is 6.61 Å². The topological polar surface area (TPSA) is 66.8 Å². The van der Waals surface area contributed by atoms with E-state index in [2.05, 4.69) is 4.74 Å². The molecular weight excluding hydrogens is 220 g/mol. The molecule has 1 rings (SSSR count). The number of hydrogen-bond acceptors (Lipinski definition) is 4. The van der Waals surface area contributed by atoms with Crippen molar-refractivity contribution >= 4 is 5.97 Å². The Balaban J connectivity index is 2.39. The second-order valence-electron chi connectivity index (χ2n) is 3.79. The van der Waals surface area contributed by atoms with Crippen molar-refractivity contribution in [3.63, 3.8) is 0 Å². The molecule has 17 heavy (non-hydrogen) atoms. The lowest BCUT2D eigenvalue weighted by Gasteiger charge is -2.16. The Hall–Kier alpha value is -1.39. The fourth-order valence-corrected chi connectivity index (χ4v) is 1.50. The zero-order valence-corrected chi connectivity index (χ0v) is 9.87. The molecule has 0 spiro atoms. The van der Waals surface area contributed by atoms with Crippen molar-refractivity contribution in [1.82, 2.24) is 0 Å². The highest BCUT2D eigenvalue weighted by Crippen LogP contribution is 2.08. The van der Waals surface area contributed by atoms with Crippen molar-refractivity contribution in [3.05, 3.63) is 35.9 Å². The third kappa shape index (κ3) is 4.54. The number of aryl methyl sites for hydroxylation is 1. The Morgan fingerprint density at radius 3 is 2.53 bits per heavy atom. The van der Waals surface area contributed by atoms with E-state index in [1.165, 1.54) is 0 Å². The summed E-state index contributed by atoms with van der Waals surface area (Å²) >= 11 is 0. The van der Waals surface area contributed by atoms with Crippen LogP contribution in [0.15, 0.2) is 30.3 Å². The van der Waals surface area contributed by atoms with Gasteiger partial charge in [0.1, 0.15) is 0 Å². The Morgan fingerprint density at radius 2 is 1.94 bits per heavy atom. The summed E-state index contributed by atoms with van der Waals surface area (Å²) in [5.41, 5.74) is 1.06. The van der Waals surface area contributed by atoms with E-state index in [1.54, 1.807) is 6.92 Å². The second kappa shape index (κ2) is 7.04. The number of aliphatic hydroxyl groups is 2. The number of esters is 1. The minimum Gasteiger partial charge on any atom is -0.464 e. The van der Waals surface area contributed by atoms with Gasteiger partial charge in [-0.3, -0.25) is 0 Å². The molecule has 0 saturated heterocycles. The number of benzene rings is 1. The number of hydrogen-bond donors (Lipinski definition) is 2. The summed E-state index contributed by atoms with van der Waals surface area (Å²) < 4.78 is 4.63. The smallest absolute Gasteiger partial charge is 0.337 e. The van der Waals surface area contributed by atoms with Gasteiger partial charge >= 0.3 is 5.97 Å². The summed E-state index contributed by atoms with van der Waals surface area (Å²) in [5, 5.41) is 19.1. The highest BCUT2D eigenvalue weighted by Gasteiger charge is 2.24. The molecule has 4 heteroatoms. The third-order valence-corrected chi connectivity index (χ3v) is 2.46. The first-order valence-electron chi connectivity index (χ1n) is 5.71. The molecule has 0 unspecified atom stereocenters. The maximum absolute atomic E-state index is 11.2. The van der Waals surface area contributed by atoms with Gasteiger partial charge in [0, 0.05) is 0 Å². The molecule has 1 aromatic carbocycles. The van der Waals surface area contributed by atoms with E-state index in [0.29, 0.717) is 12.8 Å². The predicted molar refractivity (Wildman–Crippen MR) is 63.4 cm³/mol. The predicted octanol–water partition coefficient (Wildman–Crippen LogP) is 0.904. The van der Waals surface area contributed by atoms with Gasteiger partial charge < -0.3 is 14.9 Å². The number of carbonyl (C=O) groups is 1. The van der Waals surface area contributed by atoms with Gasteiger partial charge in [-0.25, -0.2) is 4.79 Å². The SMILES string of the molecule is CCOC(=O)[C@H](O)[C@@H](O)CCc1ccccc1. The second-order valence-corrected chi connectivity index (χ2v) is 3.79. The van der Waals surface area contributed by atoms with E-state index in [4.69, 9.17) is 0 Å². The summed E-state index contributed by atoms with van der Waals surface area (Å²) in [4.78, 5) is 11.2. The van der Waals surface area contributed by atoms with Gasteiger partial charge in [-0.2, -0.15) is 0 Å². The normalized spacial score (nSPS) is 14.1. The number of ether oxygens (including phenoxy) is 1. The van der Waals surface area contributed by atoms with Gasteiger partial charge in [-0.05, 0) is 25.3 Å². The van der Waals surface area contributed by atoms with Crippen LogP contribution in [0.25, 0.3) is 0 Å². The number of rotatable bonds is 6. The lowest BCUT2D eigenvalue weighted by Crippen LogP contribution is -2.35. The van der Waals surface area contributed by atoms with Crippen LogP contribution in [-0.4, -0.2) is 35.0 Å². The van der Waals surface area contributed by atoms with Crippen LogP contribution in [0.3, 0.4) is 0 Å². The highest BCUT2D eigenvalue weighted by molar-refractivity contribution is 5.75. The lowest BCUT2D eigenvalue weighted by atomic mass is 10.0. The molecule has 0 aliphatic rings. The molecule has 0 amide bonds. The fourth-order valence-electron chi connectivity index (χ4n) is 1.50. The summed E-state index contributed by atoms with van der Waals surface area (Å²) in [6.07, 6.45) is -1.62. The van der Waals surface area contributed by atoms with Crippen LogP contribution >= 0.6 is 0 Å². The monoisotopic (exact) mass is 238 g/mol. The minimum atomic E-state index is -1.46. The largest absolute Gasteiger partial charge is 0.464 e. The van der Waals surface area contributed by atoms with Crippen molar-refractivity contribution in [2.24, 2.45) is 0 Å². The molecule has 0 aliphatic carbocycles. The number of aliphatic hydroxyl groups excluding tert-OH is 2. The molecule has 0 bridgehead atoms.